The zero-order valence-corrected chi connectivity index (χ0v) is 11.9. The molecule has 0 saturated carbocycles. The third kappa shape index (κ3) is 3.20. The van der Waals surface area contributed by atoms with Crippen LogP contribution in [-0.4, -0.2) is 5.16 Å². The van der Waals surface area contributed by atoms with E-state index in [2.05, 4.69) is 52.8 Å². The average Bonchev–Trinajstić information content (AvgIpc) is 2.15. The van der Waals surface area contributed by atoms with E-state index in [1.165, 1.54) is 16.4 Å². The van der Waals surface area contributed by atoms with Crippen LogP contribution in [0.1, 0.15) is 38.3 Å². The van der Waals surface area contributed by atoms with Crippen LogP contribution < -0.4 is 5.30 Å². The Morgan fingerprint density at radius 2 is 1.60 bits per heavy atom. The van der Waals surface area contributed by atoms with Crippen molar-refractivity contribution in [2.75, 3.05) is 0 Å². The second-order valence-electron chi connectivity index (χ2n) is 4.79. The van der Waals surface area contributed by atoms with Crippen LogP contribution in [0.4, 0.5) is 0 Å². The Labute approximate surface area is 99.6 Å². The van der Waals surface area contributed by atoms with Gasteiger partial charge in [-0.1, -0.05) is 61.3 Å². The van der Waals surface area contributed by atoms with Crippen molar-refractivity contribution in [2.24, 2.45) is 0 Å². The van der Waals surface area contributed by atoms with Crippen molar-refractivity contribution < 1.29 is 0 Å². The van der Waals surface area contributed by atoms with Crippen LogP contribution in [0, 0.1) is 13.8 Å². The first-order valence-corrected chi connectivity index (χ1v) is 7.66. The van der Waals surface area contributed by atoms with Crippen LogP contribution in [0.3, 0.4) is 0 Å². The Hall–Kier alpha value is -0.0600. The molecule has 15 heavy (non-hydrogen) atoms. The lowest BCUT2D eigenvalue weighted by Crippen LogP contribution is -2.19. The standard InChI is InChI=1S/C13H20ClP/c1-6-13(4,5)15(14)12-8-10(2)7-11(3)9-12/h7-9H,6H2,1-5H3. The average molecular weight is 243 g/mol. The normalized spacial score (nSPS) is 14.0. The quantitative estimate of drug-likeness (QED) is 0.671. The maximum atomic E-state index is 6.61. The van der Waals surface area contributed by atoms with Gasteiger partial charge in [-0.3, -0.25) is 0 Å². The lowest BCUT2D eigenvalue weighted by molar-refractivity contribution is 0.678. The minimum atomic E-state index is -0.579. The number of hydrogen-bond acceptors (Lipinski definition) is 0. The summed E-state index contributed by atoms with van der Waals surface area (Å²) in [7, 11) is -0.579. The van der Waals surface area contributed by atoms with E-state index in [1.807, 2.05) is 0 Å². The van der Waals surface area contributed by atoms with Gasteiger partial charge in [0.2, 0.25) is 0 Å². The number of hydrogen-bond donors (Lipinski definition) is 0. The second-order valence-corrected chi connectivity index (χ2v) is 8.10. The summed E-state index contributed by atoms with van der Waals surface area (Å²) in [6, 6.07) is 6.65. The molecule has 0 heterocycles. The van der Waals surface area contributed by atoms with Crippen molar-refractivity contribution >= 4 is 23.8 Å². The monoisotopic (exact) mass is 242 g/mol. The van der Waals surface area contributed by atoms with Crippen molar-refractivity contribution in [2.45, 2.75) is 46.2 Å². The van der Waals surface area contributed by atoms with Gasteiger partial charge in [0, 0.05) is 12.4 Å². The number of benzene rings is 1. The van der Waals surface area contributed by atoms with Gasteiger partial charge >= 0.3 is 0 Å². The van der Waals surface area contributed by atoms with Gasteiger partial charge in [-0.05, 0) is 25.6 Å². The van der Waals surface area contributed by atoms with Crippen LogP contribution in [0.25, 0.3) is 0 Å². The van der Waals surface area contributed by atoms with Gasteiger partial charge in [0.15, 0.2) is 0 Å². The summed E-state index contributed by atoms with van der Waals surface area (Å²) in [5, 5.41) is 1.54. The van der Waals surface area contributed by atoms with Gasteiger partial charge in [-0.2, -0.15) is 0 Å². The molecule has 1 aromatic rings. The highest BCUT2D eigenvalue weighted by Gasteiger charge is 2.27. The third-order valence-corrected chi connectivity index (χ3v) is 6.88. The minimum Gasteiger partial charge on any atom is -0.0906 e. The van der Waals surface area contributed by atoms with E-state index in [1.54, 1.807) is 0 Å². The first kappa shape index (κ1) is 13.0. The van der Waals surface area contributed by atoms with E-state index in [0.717, 1.165) is 6.42 Å². The van der Waals surface area contributed by atoms with Crippen molar-refractivity contribution in [3.05, 3.63) is 29.3 Å². The summed E-state index contributed by atoms with van der Waals surface area (Å²) >= 11 is 6.61. The fourth-order valence-electron chi connectivity index (χ4n) is 1.55. The molecule has 0 aliphatic rings. The van der Waals surface area contributed by atoms with Crippen LogP contribution in [0.2, 0.25) is 0 Å². The van der Waals surface area contributed by atoms with Crippen LogP contribution in [0.15, 0.2) is 18.2 Å². The zero-order valence-electron chi connectivity index (χ0n) is 10.3. The number of aryl methyl sites for hydroxylation is 2. The van der Waals surface area contributed by atoms with Gasteiger partial charge in [0.1, 0.15) is 0 Å². The Bertz CT molecular complexity index is 324. The van der Waals surface area contributed by atoms with Gasteiger partial charge in [-0.15, -0.1) is 0 Å². The molecule has 1 rings (SSSR count). The summed E-state index contributed by atoms with van der Waals surface area (Å²) in [5.74, 6) is 0. The van der Waals surface area contributed by atoms with Crippen LogP contribution in [0.5, 0.6) is 0 Å². The molecular weight excluding hydrogens is 223 g/mol. The highest BCUT2D eigenvalue weighted by molar-refractivity contribution is 7.91. The van der Waals surface area contributed by atoms with Crippen molar-refractivity contribution in [3.63, 3.8) is 0 Å². The van der Waals surface area contributed by atoms with Gasteiger partial charge in [-0.25, -0.2) is 0 Å². The van der Waals surface area contributed by atoms with Crippen molar-refractivity contribution in [3.8, 4) is 0 Å². The zero-order chi connectivity index (χ0) is 11.6. The Kier molecular flexibility index (Phi) is 4.20. The van der Waals surface area contributed by atoms with Crippen molar-refractivity contribution in [1.82, 2.24) is 0 Å². The van der Waals surface area contributed by atoms with Gasteiger partial charge in [0.25, 0.3) is 0 Å². The SMILES string of the molecule is CCC(C)(C)P(Cl)c1cc(C)cc(C)c1. The summed E-state index contributed by atoms with van der Waals surface area (Å²) in [5.41, 5.74) is 2.62. The molecule has 1 unspecified atom stereocenters. The fourth-order valence-corrected chi connectivity index (χ4v) is 3.81. The molecule has 0 N–H and O–H groups in total. The molecule has 0 fully saturated rings. The van der Waals surface area contributed by atoms with E-state index < -0.39 is 7.27 Å². The summed E-state index contributed by atoms with van der Waals surface area (Å²) in [6.45, 7) is 11.0. The molecule has 84 valence electrons. The summed E-state index contributed by atoms with van der Waals surface area (Å²) in [6.07, 6.45) is 1.12. The largest absolute Gasteiger partial charge is 0.0906 e. The van der Waals surface area contributed by atoms with E-state index in [0.29, 0.717) is 0 Å². The topological polar surface area (TPSA) is 0 Å². The molecule has 0 amide bonds. The predicted octanol–water partition coefficient (Wildman–Crippen LogP) is 4.75. The number of rotatable bonds is 3. The Morgan fingerprint density at radius 1 is 1.13 bits per heavy atom. The molecule has 0 aliphatic heterocycles. The van der Waals surface area contributed by atoms with Crippen LogP contribution in [-0.2, 0) is 0 Å². The molecule has 0 radical (unpaired) electrons. The molecule has 1 atom stereocenters. The molecule has 0 saturated heterocycles. The first-order valence-electron chi connectivity index (χ1n) is 5.41. The fraction of sp³-hybridized carbons (Fsp3) is 0.538. The van der Waals surface area contributed by atoms with E-state index in [4.69, 9.17) is 11.2 Å². The second kappa shape index (κ2) is 4.85. The molecule has 1 aromatic carbocycles. The summed E-state index contributed by atoms with van der Waals surface area (Å²) in [4.78, 5) is 0. The highest BCUT2D eigenvalue weighted by Crippen LogP contribution is 2.54. The minimum absolute atomic E-state index is 0.219. The first-order chi connectivity index (χ1) is 6.86. The lowest BCUT2D eigenvalue weighted by atomic mass is 10.1. The maximum Gasteiger partial charge on any atom is 0.0270 e. The third-order valence-electron chi connectivity index (χ3n) is 2.83. The molecule has 0 nitrogen and oxygen atoms in total. The van der Waals surface area contributed by atoms with E-state index in [9.17, 15) is 0 Å². The van der Waals surface area contributed by atoms with E-state index in [-0.39, 0.29) is 5.16 Å². The summed E-state index contributed by atoms with van der Waals surface area (Å²) < 4.78 is 0. The smallest absolute Gasteiger partial charge is 0.0270 e. The predicted molar refractivity (Wildman–Crippen MR) is 72.7 cm³/mol. The Balaban J connectivity index is 3.06. The maximum absolute atomic E-state index is 6.61. The lowest BCUT2D eigenvalue weighted by Gasteiger charge is -2.29. The van der Waals surface area contributed by atoms with Crippen molar-refractivity contribution in [1.29, 1.82) is 0 Å². The number of halogens is 1. The molecular formula is C13H20ClP. The molecule has 0 bridgehead atoms. The van der Waals surface area contributed by atoms with Gasteiger partial charge < -0.3 is 0 Å². The molecule has 2 heteroatoms. The van der Waals surface area contributed by atoms with Gasteiger partial charge in [0.05, 0.1) is 0 Å². The molecule has 0 aromatic heterocycles. The Morgan fingerprint density at radius 3 is 2.00 bits per heavy atom. The molecule has 0 spiro atoms. The van der Waals surface area contributed by atoms with Crippen LogP contribution >= 0.6 is 18.5 Å². The highest BCUT2D eigenvalue weighted by atomic mass is 35.7. The molecule has 0 aliphatic carbocycles. The van der Waals surface area contributed by atoms with E-state index >= 15 is 0 Å².